The number of aromatic nitrogens is 2. The molecular formula is C20H24Cl2F3N5O. The largest absolute Gasteiger partial charge is 0.416 e. The number of amides is 1. The van der Waals surface area contributed by atoms with Crippen LogP contribution in [0.5, 0.6) is 0 Å². The van der Waals surface area contributed by atoms with Gasteiger partial charge in [0.25, 0.3) is 5.91 Å². The van der Waals surface area contributed by atoms with Crippen LogP contribution in [0.3, 0.4) is 0 Å². The van der Waals surface area contributed by atoms with Crippen molar-refractivity contribution in [2.45, 2.75) is 37.5 Å². The molecule has 0 unspecified atom stereocenters. The van der Waals surface area contributed by atoms with Gasteiger partial charge >= 0.3 is 6.18 Å². The van der Waals surface area contributed by atoms with Gasteiger partial charge in [0.15, 0.2) is 0 Å². The lowest BCUT2D eigenvalue weighted by Gasteiger charge is -2.40. The highest BCUT2D eigenvalue weighted by atomic mass is 35.5. The Labute approximate surface area is 189 Å². The van der Waals surface area contributed by atoms with Crippen molar-refractivity contribution < 1.29 is 18.0 Å². The van der Waals surface area contributed by atoms with Crippen molar-refractivity contribution in [3.05, 3.63) is 46.7 Å². The van der Waals surface area contributed by atoms with Gasteiger partial charge in [0, 0.05) is 44.5 Å². The van der Waals surface area contributed by atoms with E-state index in [2.05, 4.69) is 20.6 Å². The first-order valence-corrected chi connectivity index (χ1v) is 10.3. The van der Waals surface area contributed by atoms with Gasteiger partial charge in [-0.3, -0.25) is 14.4 Å². The minimum absolute atomic E-state index is 0. The summed E-state index contributed by atoms with van der Waals surface area (Å²) in [6.07, 6.45) is 1.30. The van der Waals surface area contributed by atoms with E-state index in [0.29, 0.717) is 12.8 Å². The highest BCUT2D eigenvalue weighted by molar-refractivity contribution is 6.33. The number of rotatable bonds is 5. The Kier molecular flexibility index (Phi) is 7.20. The third-order valence-electron chi connectivity index (χ3n) is 5.84. The monoisotopic (exact) mass is 477 g/mol. The Morgan fingerprint density at radius 3 is 2.55 bits per heavy atom. The summed E-state index contributed by atoms with van der Waals surface area (Å²) < 4.78 is 40.2. The number of nitrogens with one attached hydrogen (secondary N) is 2. The number of piperazine rings is 1. The van der Waals surface area contributed by atoms with Crippen LogP contribution >= 0.6 is 24.0 Å². The van der Waals surface area contributed by atoms with Gasteiger partial charge in [-0.2, -0.15) is 18.3 Å². The zero-order chi connectivity index (χ0) is 21.4. The van der Waals surface area contributed by atoms with E-state index < -0.39 is 17.3 Å². The van der Waals surface area contributed by atoms with Crippen molar-refractivity contribution in [2.24, 2.45) is 0 Å². The second kappa shape index (κ2) is 9.36. The molecule has 11 heteroatoms. The fourth-order valence-electron chi connectivity index (χ4n) is 3.91. The van der Waals surface area contributed by atoms with Crippen LogP contribution in [0, 0.1) is 0 Å². The van der Waals surface area contributed by atoms with Gasteiger partial charge in [-0.1, -0.05) is 11.6 Å². The number of anilines is 1. The highest BCUT2D eigenvalue weighted by Gasteiger charge is 2.47. The van der Waals surface area contributed by atoms with Crippen molar-refractivity contribution in [3.8, 4) is 0 Å². The highest BCUT2D eigenvalue weighted by Crippen LogP contribution is 2.41. The van der Waals surface area contributed by atoms with Crippen LogP contribution in [0.25, 0.3) is 0 Å². The van der Waals surface area contributed by atoms with Gasteiger partial charge in [0.1, 0.15) is 5.54 Å². The number of hydrogen-bond acceptors (Lipinski definition) is 4. The van der Waals surface area contributed by atoms with E-state index in [1.807, 2.05) is 6.20 Å². The van der Waals surface area contributed by atoms with Crippen molar-refractivity contribution in [2.75, 3.05) is 31.5 Å². The van der Waals surface area contributed by atoms with Crippen molar-refractivity contribution in [3.63, 3.8) is 0 Å². The minimum Gasteiger partial charge on any atom is -0.323 e. The third-order valence-corrected chi connectivity index (χ3v) is 6.15. The molecule has 1 aliphatic carbocycles. The molecule has 170 valence electrons. The lowest BCUT2D eigenvalue weighted by molar-refractivity contribution is -0.137. The first-order chi connectivity index (χ1) is 14.3. The number of benzene rings is 1. The lowest BCUT2D eigenvalue weighted by atomic mass is 9.76. The maximum atomic E-state index is 13.1. The fraction of sp³-hybridized carbons (Fsp3) is 0.500. The summed E-state index contributed by atoms with van der Waals surface area (Å²) in [5.74, 6) is -0.313. The van der Waals surface area contributed by atoms with Gasteiger partial charge < -0.3 is 10.6 Å². The van der Waals surface area contributed by atoms with Gasteiger partial charge in [0.2, 0.25) is 0 Å². The first kappa shape index (κ1) is 23.8. The van der Waals surface area contributed by atoms with Crippen LogP contribution in [0.1, 0.15) is 30.4 Å². The van der Waals surface area contributed by atoms with Crippen LogP contribution in [0.4, 0.5) is 18.9 Å². The molecule has 2 aliphatic rings. The summed E-state index contributed by atoms with van der Waals surface area (Å²) in [5, 5.41) is 10.3. The molecule has 0 atom stereocenters. The van der Waals surface area contributed by atoms with Crippen LogP contribution < -0.4 is 10.6 Å². The molecule has 2 fully saturated rings. The van der Waals surface area contributed by atoms with Crippen LogP contribution in [0.2, 0.25) is 5.02 Å². The zero-order valence-corrected chi connectivity index (χ0v) is 18.3. The molecule has 1 saturated heterocycles. The Morgan fingerprint density at radius 1 is 1.26 bits per heavy atom. The van der Waals surface area contributed by atoms with E-state index in [9.17, 15) is 18.0 Å². The van der Waals surface area contributed by atoms with Crippen LogP contribution in [-0.2, 0) is 23.1 Å². The summed E-state index contributed by atoms with van der Waals surface area (Å²) in [7, 11) is 0. The summed E-state index contributed by atoms with van der Waals surface area (Å²) in [6.45, 7) is 4.60. The molecule has 0 radical (unpaired) electrons. The van der Waals surface area contributed by atoms with Crippen LogP contribution in [0.15, 0.2) is 30.6 Å². The van der Waals surface area contributed by atoms with E-state index in [0.717, 1.165) is 56.8 Å². The average Bonchev–Trinajstić information content (AvgIpc) is 3.11. The Morgan fingerprint density at radius 2 is 1.97 bits per heavy atom. The molecule has 1 saturated carbocycles. The quantitative estimate of drug-likeness (QED) is 0.685. The van der Waals surface area contributed by atoms with Gasteiger partial charge in [-0.25, -0.2) is 0 Å². The van der Waals surface area contributed by atoms with E-state index in [-0.39, 0.29) is 29.0 Å². The maximum Gasteiger partial charge on any atom is 0.416 e. The Balaban J connectivity index is 0.00000272. The van der Waals surface area contributed by atoms with Gasteiger partial charge in [0.05, 0.1) is 22.5 Å². The van der Waals surface area contributed by atoms with Gasteiger partial charge in [-0.05, 0) is 37.5 Å². The number of hydrogen-bond donors (Lipinski definition) is 2. The Bertz CT molecular complexity index is 924. The van der Waals surface area contributed by atoms with E-state index >= 15 is 0 Å². The lowest BCUT2D eigenvalue weighted by Crippen LogP contribution is -2.51. The van der Waals surface area contributed by atoms with E-state index in [1.54, 1.807) is 10.9 Å². The van der Waals surface area contributed by atoms with Gasteiger partial charge in [-0.15, -0.1) is 12.4 Å². The molecule has 1 aliphatic heterocycles. The summed E-state index contributed by atoms with van der Waals surface area (Å²) in [6, 6.07) is 2.92. The first-order valence-electron chi connectivity index (χ1n) is 9.93. The molecule has 4 rings (SSSR count). The van der Waals surface area contributed by atoms with Crippen LogP contribution in [-0.4, -0.2) is 46.8 Å². The normalized spacial score (nSPS) is 18.7. The molecule has 0 spiro atoms. The predicted octanol–water partition coefficient (Wildman–Crippen LogP) is 3.90. The molecule has 2 aromatic rings. The number of alkyl halides is 3. The molecule has 31 heavy (non-hydrogen) atoms. The number of carbonyl (C=O) groups excluding carboxylic acids is 1. The molecule has 2 N–H and O–H groups in total. The summed E-state index contributed by atoms with van der Waals surface area (Å²) in [5.41, 5.74) is -0.501. The standard InChI is InChI=1S/C20H23ClF3N5O.ClH/c21-16-10-15(20(22,23)24)2-3-17(16)27-18(30)19(4-1-5-19)29-13-14(11-26-29)12-28-8-6-25-7-9-28;/h2-3,10-11,13,25H,1,4-9,12H2,(H,27,30);1H. The second-order valence-corrected chi connectivity index (χ2v) is 8.26. The topological polar surface area (TPSA) is 62.2 Å². The molecular weight excluding hydrogens is 454 g/mol. The summed E-state index contributed by atoms with van der Waals surface area (Å²) in [4.78, 5) is 15.4. The second-order valence-electron chi connectivity index (χ2n) is 7.85. The summed E-state index contributed by atoms with van der Waals surface area (Å²) >= 11 is 6.00. The fourth-order valence-corrected chi connectivity index (χ4v) is 4.13. The van der Waals surface area contributed by atoms with Crippen molar-refractivity contribution >= 4 is 35.6 Å². The minimum atomic E-state index is -4.49. The number of halogens is 5. The smallest absolute Gasteiger partial charge is 0.323 e. The average molecular weight is 478 g/mol. The maximum absolute atomic E-state index is 13.1. The number of nitrogens with zero attached hydrogens (tertiary/aromatic N) is 3. The number of carbonyl (C=O) groups is 1. The predicted molar refractivity (Wildman–Crippen MR) is 115 cm³/mol. The molecule has 1 aromatic heterocycles. The van der Waals surface area contributed by atoms with Crippen molar-refractivity contribution in [1.82, 2.24) is 20.0 Å². The van der Waals surface area contributed by atoms with E-state index in [4.69, 9.17) is 11.6 Å². The SMILES string of the molecule is Cl.O=C(Nc1ccc(C(F)(F)F)cc1Cl)C1(n2cc(CN3CCNCC3)cn2)CCC1. The Hall–Kier alpha value is -1.81. The zero-order valence-electron chi connectivity index (χ0n) is 16.7. The molecule has 1 amide bonds. The van der Waals surface area contributed by atoms with E-state index in [1.165, 1.54) is 6.07 Å². The molecule has 1 aromatic carbocycles. The van der Waals surface area contributed by atoms with Crippen molar-refractivity contribution in [1.29, 1.82) is 0 Å². The molecule has 2 heterocycles. The molecule has 6 nitrogen and oxygen atoms in total. The third kappa shape index (κ3) is 5.00. The molecule has 0 bridgehead atoms.